The third-order valence-corrected chi connectivity index (χ3v) is 4.63. The predicted molar refractivity (Wildman–Crippen MR) is 87.0 cm³/mol. The number of nitrogens with zero attached hydrogens (tertiary/aromatic N) is 3. The molecule has 2 aliphatic rings. The second-order valence-corrected chi connectivity index (χ2v) is 6.06. The summed E-state index contributed by atoms with van der Waals surface area (Å²) in [5.41, 5.74) is 2.62. The van der Waals surface area contributed by atoms with Crippen LogP contribution in [0.1, 0.15) is 26.2 Å². The minimum Gasteiger partial charge on any atom is -0.372 e. The van der Waals surface area contributed by atoms with E-state index in [2.05, 4.69) is 34.1 Å². The summed E-state index contributed by atoms with van der Waals surface area (Å²) in [6, 6.07) is 8.96. The van der Waals surface area contributed by atoms with Gasteiger partial charge in [0, 0.05) is 57.6 Å². The lowest BCUT2D eigenvalue weighted by Gasteiger charge is -2.24. The zero-order valence-corrected chi connectivity index (χ0v) is 12.9. The van der Waals surface area contributed by atoms with Gasteiger partial charge in [-0.3, -0.25) is 4.79 Å². The van der Waals surface area contributed by atoms with E-state index in [-0.39, 0.29) is 5.91 Å². The van der Waals surface area contributed by atoms with Crippen LogP contribution in [-0.4, -0.2) is 50.1 Å². The summed E-state index contributed by atoms with van der Waals surface area (Å²) < 4.78 is 0. The van der Waals surface area contributed by atoms with Crippen molar-refractivity contribution in [1.29, 1.82) is 0 Å². The largest absolute Gasteiger partial charge is 0.372 e. The van der Waals surface area contributed by atoms with Gasteiger partial charge in [0.1, 0.15) is 0 Å². The first-order valence-corrected chi connectivity index (χ1v) is 8.09. The van der Waals surface area contributed by atoms with E-state index in [4.69, 9.17) is 0 Å². The Bertz CT molecular complexity index is 479. The van der Waals surface area contributed by atoms with Crippen molar-refractivity contribution < 1.29 is 4.79 Å². The maximum Gasteiger partial charge on any atom is 0.219 e. The second-order valence-electron chi connectivity index (χ2n) is 6.06. The zero-order chi connectivity index (χ0) is 14.7. The number of amides is 1. The summed E-state index contributed by atoms with van der Waals surface area (Å²) >= 11 is 0. The summed E-state index contributed by atoms with van der Waals surface area (Å²) in [5, 5.41) is 0. The van der Waals surface area contributed by atoms with E-state index >= 15 is 0 Å². The van der Waals surface area contributed by atoms with Crippen molar-refractivity contribution in [2.75, 3.05) is 49.1 Å². The highest BCUT2D eigenvalue weighted by atomic mass is 16.2. The molecule has 2 saturated heterocycles. The Morgan fingerprint density at radius 3 is 1.86 bits per heavy atom. The lowest BCUT2D eigenvalue weighted by Crippen LogP contribution is -2.33. The first-order valence-electron chi connectivity index (χ1n) is 8.09. The molecule has 0 radical (unpaired) electrons. The highest BCUT2D eigenvalue weighted by Crippen LogP contribution is 2.24. The van der Waals surface area contributed by atoms with Gasteiger partial charge in [-0.05, 0) is 43.5 Å². The molecule has 2 fully saturated rings. The van der Waals surface area contributed by atoms with Crippen LogP contribution in [0.2, 0.25) is 0 Å². The van der Waals surface area contributed by atoms with Gasteiger partial charge >= 0.3 is 0 Å². The first-order chi connectivity index (χ1) is 10.2. The topological polar surface area (TPSA) is 26.8 Å². The molecule has 0 bridgehead atoms. The van der Waals surface area contributed by atoms with Crippen molar-refractivity contribution in [3.8, 4) is 0 Å². The summed E-state index contributed by atoms with van der Waals surface area (Å²) in [6.45, 7) is 7.74. The third-order valence-electron chi connectivity index (χ3n) is 4.63. The molecule has 0 spiro atoms. The monoisotopic (exact) mass is 287 g/mol. The maximum absolute atomic E-state index is 11.5. The molecule has 1 amide bonds. The number of carbonyl (C=O) groups excluding carboxylic acids is 1. The molecular formula is C17H25N3O. The third kappa shape index (κ3) is 3.31. The average molecular weight is 287 g/mol. The van der Waals surface area contributed by atoms with Gasteiger partial charge in [0.25, 0.3) is 0 Å². The quantitative estimate of drug-likeness (QED) is 0.835. The highest BCUT2D eigenvalue weighted by Gasteiger charge is 2.17. The van der Waals surface area contributed by atoms with E-state index < -0.39 is 0 Å². The molecule has 0 atom stereocenters. The molecular weight excluding hydrogens is 262 g/mol. The molecule has 4 heteroatoms. The fourth-order valence-electron chi connectivity index (χ4n) is 3.34. The molecule has 0 aliphatic carbocycles. The minimum absolute atomic E-state index is 0.196. The lowest BCUT2D eigenvalue weighted by molar-refractivity contribution is -0.128. The molecule has 0 saturated carbocycles. The van der Waals surface area contributed by atoms with Crippen molar-refractivity contribution in [3.63, 3.8) is 0 Å². The van der Waals surface area contributed by atoms with Gasteiger partial charge in [0.2, 0.25) is 5.91 Å². The molecule has 0 aromatic heterocycles. The number of rotatable bonds is 2. The fourth-order valence-corrected chi connectivity index (χ4v) is 3.34. The minimum atomic E-state index is 0.196. The van der Waals surface area contributed by atoms with Gasteiger partial charge in [0.15, 0.2) is 0 Å². The van der Waals surface area contributed by atoms with E-state index in [1.54, 1.807) is 6.92 Å². The molecule has 0 N–H and O–H groups in total. The number of hydrogen-bond donors (Lipinski definition) is 0. The van der Waals surface area contributed by atoms with Gasteiger partial charge < -0.3 is 14.7 Å². The van der Waals surface area contributed by atoms with Crippen LogP contribution in [-0.2, 0) is 4.79 Å². The average Bonchev–Trinajstić information content (AvgIpc) is 2.91. The van der Waals surface area contributed by atoms with Crippen LogP contribution in [0.25, 0.3) is 0 Å². The van der Waals surface area contributed by atoms with E-state index in [1.807, 2.05) is 4.90 Å². The molecule has 114 valence electrons. The van der Waals surface area contributed by atoms with Crippen LogP contribution in [0, 0.1) is 0 Å². The van der Waals surface area contributed by atoms with Gasteiger partial charge in [-0.25, -0.2) is 0 Å². The van der Waals surface area contributed by atoms with Gasteiger partial charge in [-0.2, -0.15) is 0 Å². The van der Waals surface area contributed by atoms with Crippen LogP contribution in [0.3, 0.4) is 0 Å². The van der Waals surface area contributed by atoms with Crippen LogP contribution < -0.4 is 9.80 Å². The number of hydrogen-bond acceptors (Lipinski definition) is 3. The molecule has 1 aromatic rings. The smallest absolute Gasteiger partial charge is 0.219 e. The molecule has 0 unspecified atom stereocenters. The van der Waals surface area contributed by atoms with Crippen molar-refractivity contribution in [2.45, 2.75) is 26.2 Å². The van der Waals surface area contributed by atoms with Crippen LogP contribution in [0.15, 0.2) is 24.3 Å². The SMILES string of the molecule is CC(=O)N1CCCN(c2ccc(N3CCCC3)cc2)CC1. The van der Waals surface area contributed by atoms with E-state index in [0.29, 0.717) is 0 Å². The summed E-state index contributed by atoms with van der Waals surface area (Å²) in [6.07, 6.45) is 3.68. The molecule has 1 aromatic carbocycles. The Kier molecular flexibility index (Phi) is 4.32. The van der Waals surface area contributed by atoms with Gasteiger partial charge in [-0.1, -0.05) is 0 Å². The normalized spacial score (nSPS) is 19.8. The van der Waals surface area contributed by atoms with Crippen molar-refractivity contribution in [3.05, 3.63) is 24.3 Å². The van der Waals surface area contributed by atoms with E-state index in [1.165, 1.54) is 37.3 Å². The zero-order valence-electron chi connectivity index (χ0n) is 12.9. The van der Waals surface area contributed by atoms with Gasteiger partial charge in [-0.15, -0.1) is 0 Å². The predicted octanol–water partition coefficient (Wildman–Crippen LogP) is 2.35. The highest BCUT2D eigenvalue weighted by molar-refractivity contribution is 5.73. The molecule has 21 heavy (non-hydrogen) atoms. The van der Waals surface area contributed by atoms with E-state index in [9.17, 15) is 4.79 Å². The van der Waals surface area contributed by atoms with Crippen molar-refractivity contribution >= 4 is 17.3 Å². The maximum atomic E-state index is 11.5. The number of carbonyl (C=O) groups is 1. The molecule has 3 rings (SSSR count). The van der Waals surface area contributed by atoms with Gasteiger partial charge in [0.05, 0.1) is 0 Å². The Labute approximate surface area is 127 Å². The van der Waals surface area contributed by atoms with Crippen LogP contribution in [0.4, 0.5) is 11.4 Å². The number of anilines is 2. The molecule has 2 aliphatic heterocycles. The second kappa shape index (κ2) is 6.37. The Hall–Kier alpha value is -1.71. The summed E-state index contributed by atoms with van der Waals surface area (Å²) in [7, 11) is 0. The van der Waals surface area contributed by atoms with Crippen molar-refractivity contribution in [1.82, 2.24) is 4.90 Å². The van der Waals surface area contributed by atoms with E-state index in [0.717, 1.165) is 32.6 Å². The Balaban J connectivity index is 1.65. The number of benzene rings is 1. The fraction of sp³-hybridized carbons (Fsp3) is 0.588. The lowest BCUT2D eigenvalue weighted by atomic mass is 10.2. The summed E-state index contributed by atoms with van der Waals surface area (Å²) in [5.74, 6) is 0.196. The van der Waals surface area contributed by atoms with Crippen molar-refractivity contribution in [2.24, 2.45) is 0 Å². The van der Waals surface area contributed by atoms with Crippen LogP contribution in [0.5, 0.6) is 0 Å². The standard InChI is InChI=1S/C17H25N3O/c1-15(21)18-11-4-12-20(14-13-18)17-7-5-16(6-8-17)19-9-2-3-10-19/h5-8H,2-4,9-14H2,1H3. The Morgan fingerprint density at radius 2 is 1.29 bits per heavy atom. The molecule has 2 heterocycles. The summed E-state index contributed by atoms with van der Waals surface area (Å²) in [4.78, 5) is 18.3. The van der Waals surface area contributed by atoms with Crippen LogP contribution >= 0.6 is 0 Å². The first kappa shape index (κ1) is 14.2. The molecule has 4 nitrogen and oxygen atoms in total. The Morgan fingerprint density at radius 1 is 0.762 bits per heavy atom.